The normalized spacial score (nSPS) is 17.5. The SMILES string of the molecule is CCC1(CC)C(=O)NC(=O)N1Cc1c(F)cccc1F. The molecule has 0 aliphatic carbocycles. The number of amides is 3. The molecule has 1 aliphatic heterocycles. The van der Waals surface area contributed by atoms with Gasteiger partial charge in [-0.1, -0.05) is 19.9 Å². The maximum Gasteiger partial charge on any atom is 0.325 e. The van der Waals surface area contributed by atoms with Crippen LogP contribution < -0.4 is 5.32 Å². The molecule has 6 heteroatoms. The summed E-state index contributed by atoms with van der Waals surface area (Å²) in [6.45, 7) is 3.27. The molecule has 1 aliphatic rings. The summed E-state index contributed by atoms with van der Waals surface area (Å²) in [6.07, 6.45) is 0.772. The Bertz CT molecular complexity index is 536. The third-order valence-corrected chi connectivity index (χ3v) is 3.95. The zero-order chi connectivity index (χ0) is 14.9. The molecule has 1 aromatic carbocycles. The average molecular weight is 282 g/mol. The van der Waals surface area contributed by atoms with Gasteiger partial charge in [0.05, 0.1) is 6.54 Å². The van der Waals surface area contributed by atoms with E-state index in [1.54, 1.807) is 13.8 Å². The van der Waals surface area contributed by atoms with Crippen molar-refractivity contribution in [3.63, 3.8) is 0 Å². The van der Waals surface area contributed by atoms with Crippen LogP contribution in [-0.2, 0) is 11.3 Å². The van der Waals surface area contributed by atoms with Crippen LogP contribution in [0.1, 0.15) is 32.3 Å². The Labute approximate surface area is 115 Å². The number of nitrogens with one attached hydrogen (secondary N) is 1. The molecule has 1 N–H and O–H groups in total. The fourth-order valence-electron chi connectivity index (χ4n) is 2.62. The van der Waals surface area contributed by atoms with Gasteiger partial charge in [0.2, 0.25) is 0 Å². The Morgan fingerprint density at radius 2 is 1.70 bits per heavy atom. The van der Waals surface area contributed by atoms with Crippen molar-refractivity contribution in [2.75, 3.05) is 0 Å². The lowest BCUT2D eigenvalue weighted by Crippen LogP contribution is -2.48. The van der Waals surface area contributed by atoms with Crippen LogP contribution in [0.3, 0.4) is 0 Å². The number of benzene rings is 1. The first-order valence-electron chi connectivity index (χ1n) is 6.52. The van der Waals surface area contributed by atoms with Crippen molar-refractivity contribution in [3.8, 4) is 0 Å². The molecule has 1 fully saturated rings. The van der Waals surface area contributed by atoms with Crippen molar-refractivity contribution in [2.45, 2.75) is 38.8 Å². The van der Waals surface area contributed by atoms with Gasteiger partial charge in [0.25, 0.3) is 5.91 Å². The minimum Gasteiger partial charge on any atom is -0.305 e. The lowest BCUT2D eigenvalue weighted by atomic mass is 9.91. The second-order valence-electron chi connectivity index (χ2n) is 4.78. The maximum atomic E-state index is 13.7. The number of nitrogens with zero attached hydrogens (tertiary/aromatic N) is 1. The number of hydrogen-bond acceptors (Lipinski definition) is 2. The standard InChI is InChI=1S/C14H16F2N2O2/c1-3-14(4-2)12(19)17-13(20)18(14)8-9-10(15)6-5-7-11(9)16/h5-7H,3-4,8H2,1-2H3,(H,17,19,20). The van der Waals surface area contributed by atoms with Crippen molar-refractivity contribution in [2.24, 2.45) is 0 Å². The van der Waals surface area contributed by atoms with Crippen molar-refractivity contribution >= 4 is 11.9 Å². The molecule has 0 unspecified atom stereocenters. The van der Waals surface area contributed by atoms with E-state index >= 15 is 0 Å². The number of carbonyl (C=O) groups is 2. The Morgan fingerprint density at radius 3 is 2.20 bits per heavy atom. The highest BCUT2D eigenvalue weighted by atomic mass is 19.1. The summed E-state index contributed by atoms with van der Waals surface area (Å²) < 4.78 is 27.4. The Balaban J connectivity index is 2.40. The van der Waals surface area contributed by atoms with Gasteiger partial charge in [0.15, 0.2) is 0 Å². The third kappa shape index (κ3) is 2.05. The molecule has 2 rings (SSSR count). The fourth-order valence-corrected chi connectivity index (χ4v) is 2.62. The van der Waals surface area contributed by atoms with Crippen LogP contribution in [0.5, 0.6) is 0 Å². The molecular weight excluding hydrogens is 266 g/mol. The number of carbonyl (C=O) groups excluding carboxylic acids is 2. The minimum absolute atomic E-state index is 0.205. The summed E-state index contributed by atoms with van der Waals surface area (Å²) >= 11 is 0. The van der Waals surface area contributed by atoms with Crippen molar-refractivity contribution in [1.29, 1.82) is 0 Å². The molecule has 0 radical (unpaired) electrons. The number of halogens is 2. The molecular formula is C14H16F2N2O2. The van der Waals surface area contributed by atoms with Crippen LogP contribution in [0.2, 0.25) is 0 Å². The van der Waals surface area contributed by atoms with Crippen LogP contribution in [-0.4, -0.2) is 22.4 Å². The number of rotatable bonds is 4. The first-order chi connectivity index (χ1) is 9.46. The summed E-state index contributed by atoms with van der Waals surface area (Å²) in [5.41, 5.74) is -1.24. The molecule has 20 heavy (non-hydrogen) atoms. The summed E-state index contributed by atoms with van der Waals surface area (Å²) in [5.74, 6) is -1.86. The Hall–Kier alpha value is -1.98. The molecule has 3 amide bonds. The summed E-state index contributed by atoms with van der Waals surface area (Å²) in [4.78, 5) is 25.1. The highest BCUT2D eigenvalue weighted by molar-refractivity contribution is 6.06. The first-order valence-corrected chi connectivity index (χ1v) is 6.52. The average Bonchev–Trinajstić information content (AvgIpc) is 2.65. The summed E-state index contributed by atoms with van der Waals surface area (Å²) in [6, 6.07) is 2.92. The molecule has 1 heterocycles. The second kappa shape index (κ2) is 5.19. The molecule has 1 aromatic rings. The molecule has 0 bridgehead atoms. The Morgan fingerprint density at radius 1 is 1.15 bits per heavy atom. The topological polar surface area (TPSA) is 49.4 Å². The molecule has 0 atom stereocenters. The van der Waals surface area contributed by atoms with Gasteiger partial charge in [-0.3, -0.25) is 10.1 Å². The minimum atomic E-state index is -1.04. The molecule has 108 valence electrons. The van der Waals surface area contributed by atoms with E-state index in [1.807, 2.05) is 0 Å². The van der Waals surface area contributed by atoms with E-state index in [-0.39, 0.29) is 12.1 Å². The molecule has 0 spiro atoms. The van der Waals surface area contributed by atoms with Crippen LogP contribution in [0.4, 0.5) is 13.6 Å². The van der Waals surface area contributed by atoms with Gasteiger partial charge in [-0.15, -0.1) is 0 Å². The molecule has 0 saturated carbocycles. The lowest BCUT2D eigenvalue weighted by Gasteiger charge is -2.33. The largest absolute Gasteiger partial charge is 0.325 e. The monoisotopic (exact) mass is 282 g/mol. The van der Waals surface area contributed by atoms with Crippen LogP contribution in [0, 0.1) is 11.6 Å². The number of hydrogen-bond donors (Lipinski definition) is 1. The van der Waals surface area contributed by atoms with Crippen LogP contribution in [0.15, 0.2) is 18.2 Å². The van der Waals surface area contributed by atoms with Crippen LogP contribution >= 0.6 is 0 Å². The van der Waals surface area contributed by atoms with E-state index in [1.165, 1.54) is 11.0 Å². The van der Waals surface area contributed by atoms with E-state index in [2.05, 4.69) is 5.32 Å². The van der Waals surface area contributed by atoms with Crippen molar-refractivity contribution in [1.82, 2.24) is 10.2 Å². The van der Waals surface area contributed by atoms with E-state index in [4.69, 9.17) is 0 Å². The zero-order valence-corrected chi connectivity index (χ0v) is 11.4. The van der Waals surface area contributed by atoms with Gasteiger partial charge in [-0.05, 0) is 25.0 Å². The smallest absolute Gasteiger partial charge is 0.305 e. The van der Waals surface area contributed by atoms with Crippen LogP contribution in [0.25, 0.3) is 0 Å². The predicted molar refractivity (Wildman–Crippen MR) is 68.8 cm³/mol. The molecule has 1 saturated heterocycles. The summed E-state index contributed by atoms with van der Waals surface area (Å²) in [5, 5.41) is 2.22. The van der Waals surface area contributed by atoms with Gasteiger partial charge in [-0.25, -0.2) is 13.6 Å². The number of imide groups is 1. The number of urea groups is 1. The quantitative estimate of drug-likeness (QED) is 0.863. The van der Waals surface area contributed by atoms with E-state index in [0.29, 0.717) is 12.8 Å². The highest BCUT2D eigenvalue weighted by Gasteiger charge is 2.50. The van der Waals surface area contributed by atoms with Gasteiger partial charge in [0.1, 0.15) is 17.2 Å². The Kier molecular flexibility index (Phi) is 3.74. The summed E-state index contributed by atoms with van der Waals surface area (Å²) in [7, 11) is 0. The van der Waals surface area contributed by atoms with Gasteiger partial charge in [0, 0.05) is 5.56 Å². The predicted octanol–water partition coefficient (Wildman–Crippen LogP) is 2.58. The first kappa shape index (κ1) is 14.4. The third-order valence-electron chi connectivity index (χ3n) is 3.95. The molecule has 4 nitrogen and oxygen atoms in total. The van der Waals surface area contributed by atoms with Crippen molar-refractivity contribution < 1.29 is 18.4 Å². The lowest BCUT2D eigenvalue weighted by molar-refractivity contribution is -0.127. The highest BCUT2D eigenvalue weighted by Crippen LogP contribution is 2.31. The molecule has 0 aromatic heterocycles. The maximum absolute atomic E-state index is 13.7. The van der Waals surface area contributed by atoms with Crippen molar-refractivity contribution in [3.05, 3.63) is 35.4 Å². The van der Waals surface area contributed by atoms with Gasteiger partial charge in [-0.2, -0.15) is 0 Å². The fraction of sp³-hybridized carbons (Fsp3) is 0.429. The van der Waals surface area contributed by atoms with E-state index in [0.717, 1.165) is 12.1 Å². The van der Waals surface area contributed by atoms with Gasteiger partial charge < -0.3 is 4.90 Å². The van der Waals surface area contributed by atoms with E-state index < -0.39 is 29.1 Å². The van der Waals surface area contributed by atoms with E-state index in [9.17, 15) is 18.4 Å². The second-order valence-corrected chi connectivity index (χ2v) is 4.78. The zero-order valence-electron chi connectivity index (χ0n) is 11.4. The van der Waals surface area contributed by atoms with Gasteiger partial charge >= 0.3 is 6.03 Å².